The summed E-state index contributed by atoms with van der Waals surface area (Å²) in [5.41, 5.74) is 4.18. The summed E-state index contributed by atoms with van der Waals surface area (Å²) >= 11 is 0. The third kappa shape index (κ3) is 5.05. The molecule has 0 aliphatic carbocycles. The zero-order chi connectivity index (χ0) is 21.8. The quantitative estimate of drug-likeness (QED) is 0.724. The van der Waals surface area contributed by atoms with Gasteiger partial charge in [0.25, 0.3) is 0 Å². The third-order valence-electron chi connectivity index (χ3n) is 6.18. The molecule has 0 aromatic heterocycles. The number of fused-ring (bicyclic) bond motifs is 1. The Morgan fingerprint density at radius 1 is 1.00 bits per heavy atom. The first kappa shape index (κ1) is 21.3. The SMILES string of the molecule is CN1CCCc2cc([C@@H](CNC(=O)C(=O)Nc3ccc(F)cc3)N3CCCC3)ccc21. The standard InChI is InChI=1S/C24H29FN4O2/c1-28-12-4-5-17-15-18(6-11-21(17)28)22(29-13-2-3-14-29)16-26-23(30)24(31)27-20-9-7-19(25)8-10-20/h6-11,15,22H,2-5,12-14,16H2,1H3,(H,26,30)(H,27,31)/t22-/m1/s1. The van der Waals surface area contributed by atoms with Crippen LogP contribution in [0.1, 0.15) is 36.4 Å². The summed E-state index contributed by atoms with van der Waals surface area (Å²) in [6.07, 6.45) is 4.49. The molecule has 6 nitrogen and oxygen atoms in total. The Morgan fingerprint density at radius 2 is 1.74 bits per heavy atom. The average molecular weight is 425 g/mol. The summed E-state index contributed by atoms with van der Waals surface area (Å²) in [5, 5.41) is 5.31. The fourth-order valence-electron chi connectivity index (χ4n) is 4.51. The van der Waals surface area contributed by atoms with Crippen molar-refractivity contribution in [1.82, 2.24) is 10.2 Å². The number of amides is 2. The van der Waals surface area contributed by atoms with Gasteiger partial charge in [0.15, 0.2) is 0 Å². The number of carbonyl (C=O) groups excluding carboxylic acids is 2. The number of anilines is 2. The normalized spacial score (nSPS) is 17.2. The molecule has 2 aliphatic heterocycles. The number of nitrogens with one attached hydrogen (secondary N) is 2. The molecule has 164 valence electrons. The zero-order valence-electron chi connectivity index (χ0n) is 17.9. The van der Waals surface area contributed by atoms with Gasteiger partial charge in [-0.2, -0.15) is 0 Å². The molecule has 1 saturated heterocycles. The van der Waals surface area contributed by atoms with E-state index < -0.39 is 17.6 Å². The van der Waals surface area contributed by atoms with Crippen molar-refractivity contribution in [3.05, 3.63) is 59.4 Å². The van der Waals surface area contributed by atoms with E-state index in [1.807, 2.05) is 0 Å². The maximum atomic E-state index is 13.0. The molecule has 7 heteroatoms. The molecule has 1 atom stereocenters. The van der Waals surface area contributed by atoms with Crippen LogP contribution in [-0.2, 0) is 16.0 Å². The first-order valence-corrected chi connectivity index (χ1v) is 10.9. The van der Waals surface area contributed by atoms with Gasteiger partial charge in [0.2, 0.25) is 0 Å². The van der Waals surface area contributed by atoms with Crippen LogP contribution in [-0.4, -0.2) is 49.9 Å². The maximum absolute atomic E-state index is 13.0. The molecule has 4 rings (SSSR count). The van der Waals surface area contributed by atoms with Gasteiger partial charge in [-0.3, -0.25) is 14.5 Å². The van der Waals surface area contributed by atoms with Crippen LogP contribution in [0.3, 0.4) is 0 Å². The second-order valence-electron chi connectivity index (χ2n) is 8.34. The van der Waals surface area contributed by atoms with Gasteiger partial charge in [0.1, 0.15) is 5.82 Å². The smallest absolute Gasteiger partial charge is 0.313 e. The van der Waals surface area contributed by atoms with E-state index in [1.165, 1.54) is 41.1 Å². The van der Waals surface area contributed by atoms with Crippen molar-refractivity contribution in [2.75, 3.05) is 43.4 Å². The second-order valence-corrected chi connectivity index (χ2v) is 8.34. The Bertz CT molecular complexity index is 941. The number of rotatable bonds is 5. The Kier molecular flexibility index (Phi) is 6.51. The van der Waals surface area contributed by atoms with Crippen LogP contribution in [0.4, 0.5) is 15.8 Å². The summed E-state index contributed by atoms with van der Waals surface area (Å²) in [6.45, 7) is 3.41. The number of likely N-dealkylation sites (tertiary alicyclic amines) is 1. The number of hydrogen-bond donors (Lipinski definition) is 2. The predicted molar refractivity (Wildman–Crippen MR) is 120 cm³/mol. The summed E-state index contributed by atoms with van der Waals surface area (Å²) in [4.78, 5) is 29.3. The number of halogens is 1. The maximum Gasteiger partial charge on any atom is 0.313 e. The lowest BCUT2D eigenvalue weighted by Crippen LogP contribution is -2.41. The van der Waals surface area contributed by atoms with Gasteiger partial charge in [-0.05, 0) is 80.2 Å². The molecular weight excluding hydrogens is 395 g/mol. The van der Waals surface area contributed by atoms with Crippen molar-refractivity contribution in [3.8, 4) is 0 Å². The fraction of sp³-hybridized carbons (Fsp3) is 0.417. The molecule has 0 unspecified atom stereocenters. The highest BCUT2D eigenvalue weighted by atomic mass is 19.1. The van der Waals surface area contributed by atoms with Crippen molar-refractivity contribution in [2.24, 2.45) is 0 Å². The highest BCUT2D eigenvalue weighted by Crippen LogP contribution is 2.31. The van der Waals surface area contributed by atoms with E-state index >= 15 is 0 Å². The van der Waals surface area contributed by atoms with E-state index in [9.17, 15) is 14.0 Å². The number of aryl methyl sites for hydroxylation is 1. The van der Waals surface area contributed by atoms with Gasteiger partial charge in [-0.15, -0.1) is 0 Å². The van der Waals surface area contributed by atoms with Crippen LogP contribution in [0.2, 0.25) is 0 Å². The van der Waals surface area contributed by atoms with Gasteiger partial charge in [-0.25, -0.2) is 4.39 Å². The monoisotopic (exact) mass is 424 g/mol. The minimum atomic E-state index is -0.751. The van der Waals surface area contributed by atoms with Crippen molar-refractivity contribution < 1.29 is 14.0 Å². The third-order valence-corrected chi connectivity index (χ3v) is 6.18. The Hall–Kier alpha value is -2.93. The minimum Gasteiger partial charge on any atom is -0.374 e. The Labute approximate surface area is 182 Å². The van der Waals surface area contributed by atoms with Gasteiger partial charge in [0, 0.05) is 31.5 Å². The molecule has 0 spiro atoms. The molecule has 0 radical (unpaired) electrons. The number of benzene rings is 2. The van der Waals surface area contributed by atoms with Crippen molar-refractivity contribution >= 4 is 23.2 Å². The average Bonchev–Trinajstić information content (AvgIpc) is 3.30. The minimum absolute atomic E-state index is 0.0302. The molecule has 0 bridgehead atoms. The number of nitrogens with zero attached hydrogens (tertiary/aromatic N) is 2. The Morgan fingerprint density at radius 3 is 2.48 bits per heavy atom. The molecule has 2 aromatic rings. The lowest BCUT2D eigenvalue weighted by atomic mass is 9.96. The predicted octanol–water partition coefficient (Wildman–Crippen LogP) is 3.10. The van der Waals surface area contributed by atoms with Crippen molar-refractivity contribution in [1.29, 1.82) is 0 Å². The number of carbonyl (C=O) groups is 2. The second kappa shape index (κ2) is 9.47. The molecule has 2 aromatic carbocycles. The summed E-state index contributed by atoms with van der Waals surface area (Å²) < 4.78 is 13.0. The van der Waals surface area contributed by atoms with E-state index in [2.05, 4.69) is 45.7 Å². The molecular formula is C24H29FN4O2. The highest BCUT2D eigenvalue weighted by molar-refractivity contribution is 6.39. The van der Waals surface area contributed by atoms with Crippen molar-refractivity contribution in [3.63, 3.8) is 0 Å². The fourth-order valence-corrected chi connectivity index (χ4v) is 4.51. The van der Waals surface area contributed by atoms with Crippen LogP contribution < -0.4 is 15.5 Å². The van der Waals surface area contributed by atoms with Gasteiger partial charge in [-0.1, -0.05) is 12.1 Å². The van der Waals surface area contributed by atoms with Gasteiger partial charge in [0.05, 0.1) is 6.04 Å². The van der Waals surface area contributed by atoms with Crippen LogP contribution in [0, 0.1) is 5.82 Å². The molecule has 2 amide bonds. The van der Waals surface area contributed by atoms with E-state index in [1.54, 1.807) is 0 Å². The Balaban J connectivity index is 1.44. The number of hydrogen-bond acceptors (Lipinski definition) is 4. The van der Waals surface area contributed by atoms with Crippen LogP contribution in [0.15, 0.2) is 42.5 Å². The summed E-state index contributed by atoms with van der Waals surface area (Å²) in [7, 11) is 2.12. The lowest BCUT2D eigenvalue weighted by molar-refractivity contribution is -0.136. The molecule has 2 N–H and O–H groups in total. The van der Waals surface area contributed by atoms with E-state index in [0.717, 1.165) is 45.3 Å². The molecule has 1 fully saturated rings. The summed E-state index contributed by atoms with van der Waals surface area (Å²) in [5.74, 6) is -1.84. The highest BCUT2D eigenvalue weighted by Gasteiger charge is 2.26. The van der Waals surface area contributed by atoms with Crippen molar-refractivity contribution in [2.45, 2.75) is 31.7 Å². The molecule has 31 heavy (non-hydrogen) atoms. The van der Waals surface area contributed by atoms with Crippen LogP contribution in [0.25, 0.3) is 0 Å². The largest absolute Gasteiger partial charge is 0.374 e. The zero-order valence-corrected chi connectivity index (χ0v) is 17.9. The molecule has 2 heterocycles. The topological polar surface area (TPSA) is 64.7 Å². The van der Waals surface area contributed by atoms with E-state index in [-0.39, 0.29) is 6.04 Å². The van der Waals surface area contributed by atoms with Crippen LogP contribution in [0.5, 0.6) is 0 Å². The van der Waals surface area contributed by atoms with E-state index in [0.29, 0.717) is 12.2 Å². The molecule has 2 aliphatic rings. The van der Waals surface area contributed by atoms with Crippen LogP contribution >= 0.6 is 0 Å². The summed E-state index contributed by atoms with van der Waals surface area (Å²) in [6, 6.07) is 12.0. The van der Waals surface area contributed by atoms with Gasteiger partial charge >= 0.3 is 11.8 Å². The lowest BCUT2D eigenvalue weighted by Gasteiger charge is -2.31. The first-order valence-electron chi connectivity index (χ1n) is 10.9. The first-order chi connectivity index (χ1) is 15.0. The van der Waals surface area contributed by atoms with E-state index in [4.69, 9.17) is 0 Å². The van der Waals surface area contributed by atoms with Gasteiger partial charge < -0.3 is 15.5 Å². The molecule has 0 saturated carbocycles.